The fourth-order valence-electron chi connectivity index (χ4n) is 8.14. The molecule has 0 spiro atoms. The van der Waals surface area contributed by atoms with Crippen molar-refractivity contribution in [2.24, 2.45) is 23.7 Å². The Morgan fingerprint density at radius 3 is 2.76 bits per heavy atom. The topological polar surface area (TPSA) is 104 Å². The number of piperidine rings is 1. The molecule has 5 aliphatic carbocycles. The van der Waals surface area contributed by atoms with E-state index in [9.17, 15) is 9.90 Å². The Morgan fingerprint density at radius 2 is 2.00 bits per heavy atom. The second-order valence-corrected chi connectivity index (χ2v) is 12.5. The number of anilines is 1. The molecule has 0 amide bonds. The summed E-state index contributed by atoms with van der Waals surface area (Å²) < 4.78 is 5.67. The first-order valence-corrected chi connectivity index (χ1v) is 14.2. The Bertz CT molecular complexity index is 1210. The van der Waals surface area contributed by atoms with Gasteiger partial charge in [-0.25, -0.2) is 0 Å². The number of rotatable bonds is 7. The highest BCUT2D eigenvalue weighted by atomic mass is 16.5. The molecule has 3 unspecified atom stereocenters. The minimum Gasteiger partial charge on any atom is -0.390 e. The Hall–Kier alpha value is -2.58. The first-order valence-electron chi connectivity index (χ1n) is 14.2. The number of likely N-dealkylation sites (tertiary alicyclic amines) is 1. The second-order valence-electron chi connectivity index (χ2n) is 12.5. The third-order valence-electron chi connectivity index (χ3n) is 9.87. The number of nitrogens with zero attached hydrogens (tertiary/aromatic N) is 4. The highest BCUT2D eigenvalue weighted by Crippen LogP contribution is 2.56. The quantitative estimate of drug-likeness (QED) is 0.537. The molecule has 8 heteroatoms. The standard InChI is InChI=1S/C29H37N5O3/c1-34-9-7-17(8-10-34)5-6-24(35)27-32-28(37-33-27)22-16-30-23-4-2-3-21(23)26(22)31-25-19-11-18-12-20(25)15-29(36,13-18)14-19/h2-3,16-20,25,36H,4-15H2,1H3,(H,30,31)/t18?,19-,20+,25?,29?. The molecule has 2 N–H and O–H groups in total. The highest BCUT2D eigenvalue weighted by Gasteiger charge is 2.55. The van der Waals surface area contributed by atoms with Crippen LogP contribution in [-0.4, -0.2) is 62.7 Å². The summed E-state index contributed by atoms with van der Waals surface area (Å²) in [7, 11) is 2.15. The average Bonchev–Trinajstić information content (AvgIpc) is 3.55. The van der Waals surface area contributed by atoms with Crippen molar-refractivity contribution in [3.8, 4) is 11.5 Å². The zero-order valence-corrected chi connectivity index (χ0v) is 21.7. The van der Waals surface area contributed by atoms with Crippen LogP contribution in [0.1, 0.15) is 79.7 Å². The lowest BCUT2D eigenvalue weighted by Gasteiger charge is -2.58. The van der Waals surface area contributed by atoms with Crippen LogP contribution in [0.3, 0.4) is 0 Å². The molecule has 1 aliphatic heterocycles. The average molecular weight is 504 g/mol. The van der Waals surface area contributed by atoms with E-state index in [1.165, 1.54) is 12.8 Å². The van der Waals surface area contributed by atoms with Crippen LogP contribution in [-0.2, 0) is 6.42 Å². The van der Waals surface area contributed by atoms with Crippen molar-refractivity contribution in [3.05, 3.63) is 29.4 Å². The monoisotopic (exact) mass is 503 g/mol. The molecule has 8 rings (SSSR count). The largest absolute Gasteiger partial charge is 0.390 e. The summed E-state index contributed by atoms with van der Waals surface area (Å²) in [6.07, 6.45) is 15.6. The van der Waals surface area contributed by atoms with E-state index in [1.807, 2.05) is 6.20 Å². The predicted molar refractivity (Wildman–Crippen MR) is 140 cm³/mol. The smallest absolute Gasteiger partial charge is 0.262 e. The lowest BCUT2D eigenvalue weighted by molar-refractivity contribution is -0.129. The number of hydrogen-bond acceptors (Lipinski definition) is 8. The van der Waals surface area contributed by atoms with Gasteiger partial charge in [0.2, 0.25) is 11.6 Å². The van der Waals surface area contributed by atoms with Gasteiger partial charge in [0, 0.05) is 30.6 Å². The van der Waals surface area contributed by atoms with Crippen LogP contribution in [0, 0.1) is 23.7 Å². The first kappa shape index (κ1) is 23.5. The summed E-state index contributed by atoms with van der Waals surface area (Å²) in [5.74, 6) is 2.66. The third-order valence-corrected chi connectivity index (χ3v) is 9.87. The van der Waals surface area contributed by atoms with E-state index >= 15 is 0 Å². The fraction of sp³-hybridized carbons (Fsp3) is 0.655. The molecule has 4 bridgehead atoms. The van der Waals surface area contributed by atoms with Gasteiger partial charge < -0.3 is 19.8 Å². The predicted octanol–water partition coefficient (Wildman–Crippen LogP) is 4.36. The fourth-order valence-corrected chi connectivity index (χ4v) is 8.14. The molecule has 0 aromatic carbocycles. The lowest BCUT2D eigenvalue weighted by atomic mass is 9.52. The van der Waals surface area contributed by atoms with Gasteiger partial charge in [0.1, 0.15) is 0 Å². The molecular weight excluding hydrogens is 466 g/mol. The molecule has 196 valence electrons. The van der Waals surface area contributed by atoms with Gasteiger partial charge in [-0.2, -0.15) is 4.98 Å². The number of nitrogens with one attached hydrogen (secondary N) is 1. The van der Waals surface area contributed by atoms with E-state index in [0.717, 1.165) is 80.5 Å². The Balaban J connectivity index is 1.12. The van der Waals surface area contributed by atoms with Gasteiger partial charge in [-0.05, 0) is 95.2 Å². The van der Waals surface area contributed by atoms with Gasteiger partial charge in [0.15, 0.2) is 0 Å². The summed E-state index contributed by atoms with van der Waals surface area (Å²) in [5.41, 5.74) is 3.41. The minimum atomic E-state index is -0.465. The number of Topliss-reactive ketones (excluding diaryl/α,β-unsaturated/α-hetero) is 1. The zero-order valence-electron chi connectivity index (χ0n) is 21.7. The van der Waals surface area contributed by atoms with Crippen LogP contribution >= 0.6 is 0 Å². The van der Waals surface area contributed by atoms with Crippen molar-refractivity contribution in [2.75, 3.05) is 25.5 Å². The molecule has 37 heavy (non-hydrogen) atoms. The van der Waals surface area contributed by atoms with Crippen LogP contribution < -0.4 is 5.32 Å². The second kappa shape index (κ2) is 9.02. The maximum atomic E-state index is 12.9. The van der Waals surface area contributed by atoms with Crippen molar-refractivity contribution in [2.45, 2.75) is 75.9 Å². The number of pyridine rings is 1. The maximum Gasteiger partial charge on any atom is 0.262 e. The number of allylic oxidation sites excluding steroid dienone is 1. The van der Waals surface area contributed by atoms with Gasteiger partial charge >= 0.3 is 0 Å². The van der Waals surface area contributed by atoms with Crippen LogP contribution in [0.5, 0.6) is 0 Å². The molecule has 5 atom stereocenters. The van der Waals surface area contributed by atoms with Crippen LogP contribution in [0.15, 0.2) is 16.8 Å². The molecule has 5 fully saturated rings. The summed E-state index contributed by atoms with van der Waals surface area (Å²) in [6, 6.07) is 0.314. The van der Waals surface area contributed by atoms with Crippen molar-refractivity contribution in [1.82, 2.24) is 20.0 Å². The number of aliphatic hydroxyl groups is 1. The molecule has 6 aliphatic rings. The molecule has 8 nitrogen and oxygen atoms in total. The normalized spacial score (nSPS) is 32.7. The molecule has 0 radical (unpaired) electrons. The van der Waals surface area contributed by atoms with E-state index in [0.29, 0.717) is 42.0 Å². The molecular formula is C29H37N5O3. The van der Waals surface area contributed by atoms with Gasteiger partial charge in [-0.15, -0.1) is 0 Å². The summed E-state index contributed by atoms with van der Waals surface area (Å²) in [4.78, 5) is 24.5. The van der Waals surface area contributed by atoms with Gasteiger partial charge in [-0.3, -0.25) is 9.78 Å². The first-order chi connectivity index (χ1) is 17.9. The van der Waals surface area contributed by atoms with E-state index in [1.54, 1.807) is 0 Å². The molecule has 4 saturated carbocycles. The van der Waals surface area contributed by atoms with Gasteiger partial charge in [-0.1, -0.05) is 17.3 Å². The van der Waals surface area contributed by atoms with E-state index in [2.05, 4.69) is 39.6 Å². The highest BCUT2D eigenvalue weighted by molar-refractivity contribution is 5.93. The SMILES string of the molecule is CN1CCC(CCC(=O)c2noc(-c3cnc4c(c3NC3[C@@H]5CC6C[C@H]3CC(O)(C6)C5)C=CC4)n2)CC1. The van der Waals surface area contributed by atoms with Crippen molar-refractivity contribution in [3.63, 3.8) is 0 Å². The molecule has 2 aromatic rings. The van der Waals surface area contributed by atoms with Gasteiger partial charge in [0.05, 0.1) is 22.5 Å². The minimum absolute atomic E-state index is 0.0493. The van der Waals surface area contributed by atoms with Crippen LogP contribution in [0.4, 0.5) is 5.69 Å². The van der Waals surface area contributed by atoms with E-state index < -0.39 is 5.60 Å². The number of hydrogen-bond donors (Lipinski definition) is 2. The number of aromatic nitrogens is 3. The Morgan fingerprint density at radius 1 is 1.22 bits per heavy atom. The number of fused-ring (bicyclic) bond motifs is 1. The van der Waals surface area contributed by atoms with Gasteiger partial charge in [0.25, 0.3) is 5.89 Å². The lowest BCUT2D eigenvalue weighted by Crippen LogP contribution is -2.59. The van der Waals surface area contributed by atoms with E-state index in [-0.39, 0.29) is 11.6 Å². The number of carbonyl (C=O) groups is 1. The Labute approximate surface area is 217 Å². The molecule has 3 heterocycles. The maximum absolute atomic E-state index is 12.9. The summed E-state index contributed by atoms with van der Waals surface area (Å²) >= 11 is 0. The van der Waals surface area contributed by atoms with Crippen LogP contribution in [0.2, 0.25) is 0 Å². The number of carbonyl (C=O) groups excluding carboxylic acids is 1. The number of ketones is 1. The summed E-state index contributed by atoms with van der Waals surface area (Å²) in [6.45, 7) is 2.20. The van der Waals surface area contributed by atoms with Crippen molar-refractivity contribution < 1.29 is 14.4 Å². The third kappa shape index (κ3) is 4.32. The van der Waals surface area contributed by atoms with Crippen molar-refractivity contribution >= 4 is 17.5 Å². The zero-order chi connectivity index (χ0) is 25.1. The van der Waals surface area contributed by atoms with E-state index in [4.69, 9.17) is 9.51 Å². The Kier molecular flexibility index (Phi) is 5.73. The molecule has 2 aromatic heterocycles. The summed E-state index contributed by atoms with van der Waals surface area (Å²) in [5, 5.41) is 19.0. The van der Waals surface area contributed by atoms with Crippen molar-refractivity contribution in [1.29, 1.82) is 0 Å². The van der Waals surface area contributed by atoms with Crippen LogP contribution in [0.25, 0.3) is 17.5 Å². The molecule has 1 saturated heterocycles.